The van der Waals surface area contributed by atoms with Gasteiger partial charge in [-0.15, -0.1) is 0 Å². The Morgan fingerprint density at radius 2 is 2.09 bits per heavy atom. The summed E-state index contributed by atoms with van der Waals surface area (Å²) in [7, 11) is 1.77. The lowest BCUT2D eigenvalue weighted by molar-refractivity contribution is 0.0761. The highest BCUT2D eigenvalue weighted by molar-refractivity contribution is 6.34. The maximum absolute atomic E-state index is 14.5. The van der Waals surface area contributed by atoms with Crippen molar-refractivity contribution in [3.8, 4) is 17.1 Å². The number of imidazole rings is 1. The van der Waals surface area contributed by atoms with Gasteiger partial charge in [0.25, 0.3) is 5.91 Å². The van der Waals surface area contributed by atoms with E-state index in [4.69, 9.17) is 18.2 Å². The number of nitrogens with one attached hydrogen (secondary N) is 1. The number of likely N-dealkylation sites (tertiary alicyclic amines) is 1. The number of benzene rings is 2. The number of fused-ring (bicyclic) bond motifs is 1. The zero-order valence-corrected chi connectivity index (χ0v) is 19.7. The van der Waals surface area contributed by atoms with E-state index in [0.717, 1.165) is 30.3 Å². The minimum Gasteiger partial charge on any atom is -0.335 e. The van der Waals surface area contributed by atoms with Crippen LogP contribution in [0.1, 0.15) is 23.3 Å². The molecular weight excluding hydrogens is 469 g/mol. The lowest BCUT2D eigenvalue weighted by Gasteiger charge is -2.39. The molecule has 176 valence electrons. The summed E-state index contributed by atoms with van der Waals surface area (Å²) in [6.07, 6.45) is 3.67. The van der Waals surface area contributed by atoms with Crippen LogP contribution >= 0.6 is 11.6 Å². The van der Waals surface area contributed by atoms with Crippen LogP contribution in [0.3, 0.4) is 0 Å². The van der Waals surface area contributed by atoms with Gasteiger partial charge < -0.3 is 10.2 Å². The Labute approximate surface area is 205 Å². The van der Waals surface area contributed by atoms with Crippen LogP contribution in [0.25, 0.3) is 32.8 Å². The summed E-state index contributed by atoms with van der Waals surface area (Å²) >= 11 is 6.43. The molecule has 2 fully saturated rings. The molecule has 8 nitrogen and oxygen atoms in total. The van der Waals surface area contributed by atoms with Crippen LogP contribution in [0.15, 0.2) is 42.6 Å². The molecule has 2 aliphatic heterocycles. The molecule has 2 aromatic carbocycles. The van der Waals surface area contributed by atoms with Gasteiger partial charge in [0, 0.05) is 48.5 Å². The van der Waals surface area contributed by atoms with E-state index in [0.29, 0.717) is 35.3 Å². The summed E-state index contributed by atoms with van der Waals surface area (Å²) < 4.78 is 17.9. The number of aryl methyl sites for hydroxylation is 1. The second-order valence-electron chi connectivity index (χ2n) is 9.15. The third-order valence-corrected chi connectivity index (χ3v) is 7.47. The van der Waals surface area contributed by atoms with Crippen LogP contribution in [-0.4, -0.2) is 55.3 Å². The molecule has 0 radical (unpaired) electrons. The molecule has 0 aliphatic carbocycles. The largest absolute Gasteiger partial charge is 0.335 e. The van der Waals surface area contributed by atoms with E-state index in [2.05, 4.69) is 20.2 Å². The van der Waals surface area contributed by atoms with Gasteiger partial charge in [0.1, 0.15) is 22.5 Å². The fourth-order valence-electron chi connectivity index (χ4n) is 4.96. The third kappa shape index (κ3) is 3.49. The van der Waals surface area contributed by atoms with Crippen molar-refractivity contribution in [2.45, 2.75) is 18.4 Å². The van der Waals surface area contributed by atoms with Gasteiger partial charge in [-0.2, -0.15) is 5.10 Å². The van der Waals surface area contributed by atoms with Gasteiger partial charge in [-0.3, -0.25) is 14.0 Å². The molecule has 0 saturated carbocycles. The topological polar surface area (TPSA) is 72.3 Å². The number of hydrogen-bond acceptors (Lipinski definition) is 4. The SMILES string of the molecule is [C-]#[N+]c1ccc(-c2nc(C(=O)N3CCC4(CCN4)C3)cn2-c2ccc3nn(C)c(Cl)c3c2)cc1F. The fourth-order valence-corrected chi connectivity index (χ4v) is 5.15. The van der Waals surface area contributed by atoms with Gasteiger partial charge in [-0.1, -0.05) is 23.7 Å². The second kappa shape index (κ2) is 7.90. The first-order chi connectivity index (χ1) is 16.9. The first-order valence-electron chi connectivity index (χ1n) is 11.3. The molecule has 1 atom stereocenters. The van der Waals surface area contributed by atoms with Crippen LogP contribution in [0.2, 0.25) is 5.15 Å². The van der Waals surface area contributed by atoms with E-state index in [9.17, 15) is 9.18 Å². The van der Waals surface area contributed by atoms with Gasteiger partial charge in [-0.05, 0) is 43.7 Å². The fraction of sp³-hybridized carbons (Fsp3) is 0.280. The molecule has 10 heteroatoms. The van der Waals surface area contributed by atoms with E-state index in [-0.39, 0.29) is 22.8 Å². The number of carbonyl (C=O) groups excluding carboxylic acids is 1. The summed E-state index contributed by atoms with van der Waals surface area (Å²) in [6.45, 7) is 9.43. The van der Waals surface area contributed by atoms with Crippen LogP contribution in [0.4, 0.5) is 10.1 Å². The maximum Gasteiger partial charge on any atom is 0.274 e. The minimum absolute atomic E-state index is 0.0296. The van der Waals surface area contributed by atoms with Crippen molar-refractivity contribution >= 4 is 34.1 Å². The molecule has 35 heavy (non-hydrogen) atoms. The Hall–Kier alpha value is -3.74. The number of amides is 1. The Bertz CT molecular complexity index is 1550. The van der Waals surface area contributed by atoms with Gasteiger partial charge in [0.2, 0.25) is 5.69 Å². The molecule has 1 spiro atoms. The molecule has 0 bridgehead atoms. The first-order valence-corrected chi connectivity index (χ1v) is 11.7. The highest BCUT2D eigenvalue weighted by atomic mass is 35.5. The summed E-state index contributed by atoms with van der Waals surface area (Å²) in [5.41, 5.74) is 2.15. The van der Waals surface area contributed by atoms with Gasteiger partial charge >= 0.3 is 0 Å². The zero-order valence-electron chi connectivity index (χ0n) is 18.9. The van der Waals surface area contributed by atoms with Crippen molar-refractivity contribution in [2.75, 3.05) is 19.6 Å². The molecule has 1 unspecified atom stereocenters. The Kier molecular flexibility index (Phi) is 4.91. The number of aromatic nitrogens is 4. The smallest absolute Gasteiger partial charge is 0.274 e. The lowest BCUT2D eigenvalue weighted by Crippen LogP contribution is -2.58. The number of hydrogen-bond donors (Lipinski definition) is 1. The van der Waals surface area contributed by atoms with Gasteiger partial charge in [0.15, 0.2) is 0 Å². The Morgan fingerprint density at radius 3 is 2.77 bits per heavy atom. The minimum atomic E-state index is -0.636. The maximum atomic E-state index is 14.5. The molecule has 4 heterocycles. The predicted molar refractivity (Wildman–Crippen MR) is 130 cm³/mol. The Balaban J connectivity index is 1.46. The monoisotopic (exact) mass is 489 g/mol. The average Bonchev–Trinajstić information content (AvgIpc) is 3.55. The number of rotatable bonds is 3. The van der Waals surface area contributed by atoms with Crippen molar-refractivity contribution in [2.24, 2.45) is 7.05 Å². The summed E-state index contributed by atoms with van der Waals surface area (Å²) in [5, 5.41) is 9.09. The molecule has 1 N–H and O–H groups in total. The standard InChI is InChI=1S/C25H21ClFN7O/c1-28-20-5-3-15(11-18(20)27)23-30-21(24(35)33-10-8-25(14-33)7-9-29-25)13-34(23)16-4-6-19-17(12-16)22(26)32(2)31-19/h3-6,11-13,29H,7-10,14H2,2H3. The molecule has 2 aliphatic rings. The van der Waals surface area contributed by atoms with E-state index < -0.39 is 5.82 Å². The molecule has 2 aromatic heterocycles. The van der Waals surface area contributed by atoms with Crippen LogP contribution in [0.5, 0.6) is 0 Å². The normalized spacial score (nSPS) is 19.3. The summed E-state index contributed by atoms with van der Waals surface area (Å²) in [6, 6.07) is 9.92. The van der Waals surface area contributed by atoms with Crippen molar-refractivity contribution in [3.63, 3.8) is 0 Å². The third-order valence-electron chi connectivity index (χ3n) is 7.02. The Morgan fingerprint density at radius 1 is 1.26 bits per heavy atom. The zero-order chi connectivity index (χ0) is 24.3. The second-order valence-corrected chi connectivity index (χ2v) is 9.51. The van der Waals surface area contributed by atoms with Gasteiger partial charge in [0.05, 0.1) is 12.1 Å². The van der Waals surface area contributed by atoms with Crippen molar-refractivity contribution in [1.82, 2.24) is 29.5 Å². The van der Waals surface area contributed by atoms with E-state index in [1.165, 1.54) is 12.1 Å². The van der Waals surface area contributed by atoms with E-state index in [1.54, 1.807) is 28.6 Å². The lowest BCUT2D eigenvalue weighted by atomic mass is 9.87. The highest BCUT2D eigenvalue weighted by Gasteiger charge is 2.44. The van der Waals surface area contributed by atoms with Crippen LogP contribution in [-0.2, 0) is 7.05 Å². The number of carbonyl (C=O) groups is 1. The van der Waals surface area contributed by atoms with Gasteiger partial charge in [-0.25, -0.2) is 14.2 Å². The predicted octanol–water partition coefficient (Wildman–Crippen LogP) is 4.35. The van der Waals surface area contributed by atoms with Crippen LogP contribution < -0.4 is 5.32 Å². The molecular formula is C25H21ClFN7O. The quantitative estimate of drug-likeness (QED) is 0.434. The molecule has 1 amide bonds. The molecule has 6 rings (SSSR count). The number of nitrogens with zero attached hydrogens (tertiary/aromatic N) is 6. The average molecular weight is 490 g/mol. The van der Waals surface area contributed by atoms with Crippen LogP contribution in [0, 0.1) is 12.4 Å². The van der Waals surface area contributed by atoms with E-state index in [1.807, 2.05) is 23.1 Å². The highest BCUT2D eigenvalue weighted by Crippen LogP contribution is 2.33. The molecule has 4 aromatic rings. The van der Waals surface area contributed by atoms with Crippen molar-refractivity contribution < 1.29 is 9.18 Å². The molecule has 2 saturated heterocycles. The number of halogens is 2. The van der Waals surface area contributed by atoms with E-state index >= 15 is 0 Å². The van der Waals surface area contributed by atoms with Crippen molar-refractivity contribution in [3.05, 3.63) is 70.7 Å². The first kappa shape index (κ1) is 21.8. The van der Waals surface area contributed by atoms with Crippen molar-refractivity contribution in [1.29, 1.82) is 0 Å². The summed E-state index contributed by atoms with van der Waals surface area (Å²) in [5.74, 6) is -0.392. The summed E-state index contributed by atoms with van der Waals surface area (Å²) in [4.78, 5) is 23.1.